The van der Waals surface area contributed by atoms with E-state index in [0.29, 0.717) is 11.1 Å². The number of hydrogen-bond donors (Lipinski definition) is 1. The third kappa shape index (κ3) is 3.24. The van der Waals surface area contributed by atoms with E-state index < -0.39 is 21.2 Å². The first-order valence-corrected chi connectivity index (χ1v) is 7.67. The number of nitrogens with one attached hydrogen (secondary N) is 1. The number of carbonyl (C=O) groups is 1. The Morgan fingerprint density at radius 2 is 1.30 bits per heavy atom. The Bertz CT molecular complexity index is 642. The molecule has 0 spiro atoms. The maximum absolute atomic E-state index is 12.4. The highest BCUT2D eigenvalue weighted by atomic mass is 32.2. The van der Waals surface area contributed by atoms with Crippen LogP contribution >= 0.6 is 0 Å². The molecule has 2 aromatic rings. The Hall–Kier alpha value is -2.14. The average Bonchev–Trinajstić information content (AvgIpc) is 2.39. The standard InChI is InChI=1S/C15H15NO3S/c1-12(17)16-20(18,19)15(13-8-4-2-5-9-13)14-10-6-3-7-11-14/h2-11,15H,1H3,(H,16,17). The van der Waals surface area contributed by atoms with E-state index in [2.05, 4.69) is 0 Å². The molecule has 0 aliphatic rings. The van der Waals surface area contributed by atoms with Crippen LogP contribution < -0.4 is 4.72 Å². The number of amides is 1. The molecule has 0 aromatic heterocycles. The van der Waals surface area contributed by atoms with Crippen LogP contribution in [0.1, 0.15) is 23.3 Å². The van der Waals surface area contributed by atoms with Gasteiger partial charge in [0.15, 0.2) is 0 Å². The molecule has 0 unspecified atom stereocenters. The fraction of sp³-hybridized carbons (Fsp3) is 0.133. The summed E-state index contributed by atoms with van der Waals surface area (Å²) in [5.74, 6) is -0.595. The van der Waals surface area contributed by atoms with Crippen LogP contribution in [-0.2, 0) is 14.8 Å². The second-order valence-corrected chi connectivity index (χ2v) is 6.17. The molecule has 2 aromatic carbocycles. The minimum Gasteiger partial charge on any atom is -0.274 e. The molecular weight excluding hydrogens is 274 g/mol. The molecule has 1 N–H and O–H groups in total. The van der Waals surface area contributed by atoms with Crippen LogP contribution in [0.2, 0.25) is 0 Å². The Morgan fingerprint density at radius 1 is 0.900 bits per heavy atom. The van der Waals surface area contributed by atoms with E-state index >= 15 is 0 Å². The molecule has 0 heterocycles. The molecule has 0 bridgehead atoms. The smallest absolute Gasteiger partial charge is 0.246 e. The summed E-state index contributed by atoms with van der Waals surface area (Å²) in [6, 6.07) is 17.7. The average molecular weight is 289 g/mol. The molecule has 20 heavy (non-hydrogen) atoms. The van der Waals surface area contributed by atoms with Gasteiger partial charge in [-0.15, -0.1) is 0 Å². The maximum Gasteiger partial charge on any atom is 0.246 e. The lowest BCUT2D eigenvalue weighted by Crippen LogP contribution is -2.33. The van der Waals surface area contributed by atoms with Gasteiger partial charge in [-0.1, -0.05) is 60.7 Å². The van der Waals surface area contributed by atoms with E-state index in [1.54, 1.807) is 48.5 Å². The van der Waals surface area contributed by atoms with Crippen molar-refractivity contribution in [1.82, 2.24) is 4.72 Å². The van der Waals surface area contributed by atoms with Gasteiger partial charge in [-0.05, 0) is 11.1 Å². The van der Waals surface area contributed by atoms with Crippen LogP contribution in [0, 0.1) is 0 Å². The van der Waals surface area contributed by atoms with Gasteiger partial charge in [-0.3, -0.25) is 9.52 Å². The Balaban J connectivity index is 2.54. The van der Waals surface area contributed by atoms with E-state index in [4.69, 9.17) is 0 Å². The van der Waals surface area contributed by atoms with Gasteiger partial charge in [0, 0.05) is 6.92 Å². The summed E-state index contributed by atoms with van der Waals surface area (Å²) in [6.45, 7) is 1.19. The van der Waals surface area contributed by atoms with Crippen molar-refractivity contribution in [2.45, 2.75) is 12.2 Å². The van der Waals surface area contributed by atoms with E-state index in [-0.39, 0.29) is 0 Å². The molecule has 1 amide bonds. The van der Waals surface area contributed by atoms with Gasteiger partial charge < -0.3 is 0 Å². The number of benzene rings is 2. The predicted molar refractivity (Wildman–Crippen MR) is 77.5 cm³/mol. The maximum atomic E-state index is 12.4. The molecule has 2 rings (SSSR count). The van der Waals surface area contributed by atoms with Crippen LogP contribution in [0.3, 0.4) is 0 Å². The molecule has 0 radical (unpaired) electrons. The van der Waals surface area contributed by atoms with Gasteiger partial charge >= 0.3 is 0 Å². The number of hydrogen-bond acceptors (Lipinski definition) is 3. The van der Waals surface area contributed by atoms with Gasteiger partial charge in [-0.25, -0.2) is 8.42 Å². The van der Waals surface area contributed by atoms with Gasteiger partial charge in [0.25, 0.3) is 0 Å². The van der Waals surface area contributed by atoms with Crippen LogP contribution in [0.15, 0.2) is 60.7 Å². The van der Waals surface area contributed by atoms with E-state index in [1.807, 2.05) is 16.9 Å². The number of carbonyl (C=O) groups excluding carboxylic acids is 1. The van der Waals surface area contributed by atoms with Crippen molar-refractivity contribution < 1.29 is 13.2 Å². The fourth-order valence-electron chi connectivity index (χ4n) is 2.07. The Kier molecular flexibility index (Phi) is 4.20. The van der Waals surface area contributed by atoms with Crippen molar-refractivity contribution >= 4 is 15.9 Å². The third-order valence-corrected chi connectivity index (χ3v) is 4.54. The van der Waals surface area contributed by atoms with Gasteiger partial charge in [0.2, 0.25) is 15.9 Å². The first-order valence-electron chi connectivity index (χ1n) is 6.13. The lowest BCUT2D eigenvalue weighted by atomic mass is 10.0. The second-order valence-electron chi connectivity index (χ2n) is 4.40. The largest absolute Gasteiger partial charge is 0.274 e. The molecule has 0 saturated carbocycles. The molecule has 5 heteroatoms. The van der Waals surface area contributed by atoms with Crippen LogP contribution in [0.5, 0.6) is 0 Å². The summed E-state index contributed by atoms with van der Waals surface area (Å²) in [5, 5.41) is -0.909. The Labute approximate surface area is 118 Å². The SMILES string of the molecule is CC(=O)NS(=O)(=O)C(c1ccccc1)c1ccccc1. The lowest BCUT2D eigenvalue weighted by Gasteiger charge is -2.18. The topological polar surface area (TPSA) is 63.2 Å². The highest BCUT2D eigenvalue weighted by molar-refractivity contribution is 7.90. The molecule has 4 nitrogen and oxygen atoms in total. The van der Waals surface area contributed by atoms with Crippen LogP contribution in [-0.4, -0.2) is 14.3 Å². The van der Waals surface area contributed by atoms with E-state index in [9.17, 15) is 13.2 Å². The quantitative estimate of drug-likeness (QED) is 0.939. The summed E-state index contributed by atoms with van der Waals surface area (Å²) in [6.07, 6.45) is 0. The molecule has 0 atom stereocenters. The van der Waals surface area contributed by atoms with Crippen LogP contribution in [0.4, 0.5) is 0 Å². The summed E-state index contributed by atoms with van der Waals surface area (Å²) in [5.41, 5.74) is 1.24. The second kappa shape index (κ2) is 5.88. The molecule has 104 valence electrons. The molecule has 0 aliphatic carbocycles. The minimum absolute atomic E-state index is 0.595. The first kappa shape index (κ1) is 14.3. The Morgan fingerprint density at radius 3 is 1.65 bits per heavy atom. The molecular formula is C15H15NO3S. The lowest BCUT2D eigenvalue weighted by molar-refractivity contribution is -0.117. The van der Waals surface area contributed by atoms with Crippen LogP contribution in [0.25, 0.3) is 0 Å². The van der Waals surface area contributed by atoms with Gasteiger partial charge in [0.05, 0.1) is 0 Å². The van der Waals surface area contributed by atoms with E-state index in [1.165, 1.54) is 6.92 Å². The van der Waals surface area contributed by atoms with Crippen molar-refractivity contribution in [2.75, 3.05) is 0 Å². The van der Waals surface area contributed by atoms with Crippen molar-refractivity contribution in [3.63, 3.8) is 0 Å². The molecule has 0 saturated heterocycles. The summed E-state index contributed by atoms with van der Waals surface area (Å²) in [7, 11) is -3.83. The van der Waals surface area contributed by atoms with Gasteiger partial charge in [0.1, 0.15) is 5.25 Å². The zero-order valence-corrected chi connectivity index (χ0v) is 11.8. The van der Waals surface area contributed by atoms with Gasteiger partial charge in [-0.2, -0.15) is 0 Å². The normalized spacial score (nSPS) is 11.3. The first-order chi connectivity index (χ1) is 9.50. The summed E-state index contributed by atoms with van der Waals surface area (Å²) < 4.78 is 26.9. The van der Waals surface area contributed by atoms with E-state index in [0.717, 1.165) is 0 Å². The highest BCUT2D eigenvalue weighted by Crippen LogP contribution is 2.29. The molecule has 0 aliphatic heterocycles. The van der Waals surface area contributed by atoms with Crippen molar-refractivity contribution in [2.24, 2.45) is 0 Å². The fourth-order valence-corrected chi connectivity index (χ4v) is 3.62. The third-order valence-electron chi connectivity index (χ3n) is 2.80. The van der Waals surface area contributed by atoms with Crippen molar-refractivity contribution in [3.8, 4) is 0 Å². The van der Waals surface area contributed by atoms with Crippen molar-refractivity contribution in [3.05, 3.63) is 71.8 Å². The number of sulfonamides is 1. The zero-order valence-electron chi connectivity index (χ0n) is 11.0. The highest BCUT2D eigenvalue weighted by Gasteiger charge is 2.29. The van der Waals surface area contributed by atoms with Crippen molar-refractivity contribution in [1.29, 1.82) is 0 Å². The predicted octanol–water partition coefficient (Wildman–Crippen LogP) is 2.24. The summed E-state index contributed by atoms with van der Waals surface area (Å²) >= 11 is 0. The minimum atomic E-state index is -3.83. The molecule has 0 fully saturated rings. The number of rotatable bonds is 4. The zero-order chi connectivity index (χ0) is 14.6. The monoisotopic (exact) mass is 289 g/mol. The summed E-state index contributed by atoms with van der Waals surface area (Å²) in [4.78, 5) is 11.1.